The van der Waals surface area contributed by atoms with E-state index >= 15 is 0 Å². The number of ether oxygens (including phenoxy) is 1. The monoisotopic (exact) mass is 279 g/mol. The first-order valence-corrected chi connectivity index (χ1v) is 7.15. The van der Waals surface area contributed by atoms with Crippen LogP contribution in [0.2, 0.25) is 0 Å². The van der Waals surface area contributed by atoms with Crippen molar-refractivity contribution in [3.8, 4) is 5.75 Å². The molecule has 1 aliphatic rings. The third-order valence-corrected chi connectivity index (χ3v) is 4.17. The second kappa shape index (κ2) is 4.70. The number of anilines is 1. The number of hydrogen-bond acceptors (Lipinski definition) is 3. The van der Waals surface area contributed by atoms with Gasteiger partial charge in [0.15, 0.2) is 0 Å². The Morgan fingerprint density at radius 3 is 2.94 bits per heavy atom. The van der Waals surface area contributed by atoms with E-state index in [1.165, 1.54) is 12.1 Å². The fourth-order valence-electron chi connectivity index (χ4n) is 1.56. The molecule has 0 amide bonds. The lowest BCUT2D eigenvalue weighted by molar-refractivity contribution is 0.258. The average Bonchev–Trinajstić information content (AvgIpc) is 2.26. The molecule has 0 fully saturated rings. The first-order chi connectivity index (χ1) is 8.03. The van der Waals surface area contributed by atoms with Gasteiger partial charge in [0.1, 0.15) is 11.6 Å². The molecule has 1 N–H and O–H groups in total. The number of rotatable bonds is 3. The maximum Gasteiger partial charge on any atom is 0.271 e. The van der Waals surface area contributed by atoms with Gasteiger partial charge in [-0.05, 0) is 18.6 Å². The number of nitrogens with one attached hydrogen (secondary N) is 1. The summed E-state index contributed by atoms with van der Waals surface area (Å²) in [6.45, 7) is 0. The summed E-state index contributed by atoms with van der Waals surface area (Å²) in [7, 11) is -3.58. The highest BCUT2D eigenvalue weighted by Gasteiger charge is 2.33. The van der Waals surface area contributed by atoms with Crippen LogP contribution in [0.5, 0.6) is 5.75 Å². The summed E-state index contributed by atoms with van der Waals surface area (Å²) >= 11 is 5.51. The van der Waals surface area contributed by atoms with E-state index in [9.17, 15) is 12.8 Å². The van der Waals surface area contributed by atoms with Crippen LogP contribution in [0.1, 0.15) is 12.8 Å². The van der Waals surface area contributed by atoms with Crippen LogP contribution < -0.4 is 9.46 Å². The van der Waals surface area contributed by atoms with Gasteiger partial charge < -0.3 is 4.74 Å². The fourth-order valence-corrected chi connectivity index (χ4v) is 3.03. The zero-order valence-electron chi connectivity index (χ0n) is 8.82. The molecule has 94 valence electrons. The lowest BCUT2D eigenvalue weighted by Gasteiger charge is -2.26. The molecule has 0 bridgehead atoms. The van der Waals surface area contributed by atoms with Crippen molar-refractivity contribution in [1.29, 1.82) is 0 Å². The van der Waals surface area contributed by atoms with E-state index < -0.39 is 21.3 Å². The molecule has 1 aromatic rings. The summed E-state index contributed by atoms with van der Waals surface area (Å²) in [5.74, 6) is 0.0890. The first kappa shape index (κ1) is 12.4. The Hall–Kier alpha value is -1.01. The zero-order valence-corrected chi connectivity index (χ0v) is 10.4. The molecular formula is C10H11ClFNO3S. The van der Waals surface area contributed by atoms with Crippen molar-refractivity contribution in [3.05, 3.63) is 24.0 Å². The quantitative estimate of drug-likeness (QED) is 0.864. The summed E-state index contributed by atoms with van der Waals surface area (Å²) in [4.78, 5) is 0. The molecular weight excluding hydrogens is 269 g/mol. The van der Waals surface area contributed by atoms with Gasteiger partial charge in [-0.15, -0.1) is 11.6 Å². The van der Waals surface area contributed by atoms with Gasteiger partial charge in [0.25, 0.3) is 10.0 Å². The lowest BCUT2D eigenvalue weighted by Crippen LogP contribution is -2.36. The molecule has 7 heteroatoms. The lowest BCUT2D eigenvalue weighted by atomic mass is 10.3. The summed E-state index contributed by atoms with van der Waals surface area (Å²) < 4.78 is 44.2. The van der Waals surface area contributed by atoms with Crippen molar-refractivity contribution >= 4 is 27.3 Å². The van der Waals surface area contributed by atoms with E-state index in [0.29, 0.717) is 12.3 Å². The highest BCUT2D eigenvalue weighted by molar-refractivity contribution is 7.93. The number of alkyl halides is 1. The molecule has 0 aromatic heterocycles. The smallest absolute Gasteiger partial charge is 0.271 e. The van der Waals surface area contributed by atoms with Crippen molar-refractivity contribution in [1.82, 2.24) is 0 Å². The molecule has 0 saturated heterocycles. The largest absolute Gasteiger partial charge is 0.470 e. The Morgan fingerprint density at radius 1 is 1.47 bits per heavy atom. The predicted molar refractivity (Wildman–Crippen MR) is 63.3 cm³/mol. The summed E-state index contributed by atoms with van der Waals surface area (Å²) in [5.41, 5.74) is -0.760. The topological polar surface area (TPSA) is 55.4 Å². The number of halogens is 2. The zero-order chi connectivity index (χ0) is 12.5. The third kappa shape index (κ3) is 2.63. The second-order valence-corrected chi connectivity index (χ2v) is 5.86. The molecule has 0 saturated carbocycles. The maximum absolute atomic E-state index is 13.0. The number of benzene rings is 1. The SMILES string of the molecule is O=S1(=O)Nc2ccc(F)cc2OC1CCCCl. The molecule has 1 aliphatic heterocycles. The Morgan fingerprint density at radius 2 is 2.24 bits per heavy atom. The Bertz CT molecular complexity index is 520. The van der Waals surface area contributed by atoms with Gasteiger partial charge >= 0.3 is 0 Å². The normalized spacial score (nSPS) is 21.2. The van der Waals surface area contributed by atoms with Gasteiger partial charge in [0, 0.05) is 18.4 Å². The van der Waals surface area contributed by atoms with Crippen molar-refractivity contribution in [3.63, 3.8) is 0 Å². The van der Waals surface area contributed by atoms with Crippen molar-refractivity contribution in [2.75, 3.05) is 10.6 Å². The maximum atomic E-state index is 13.0. The van der Waals surface area contributed by atoms with Crippen LogP contribution in [0.15, 0.2) is 18.2 Å². The number of sulfonamides is 1. The Labute approximate surface area is 104 Å². The molecule has 1 aromatic carbocycles. The van der Waals surface area contributed by atoms with E-state index in [1.54, 1.807) is 0 Å². The Kier molecular flexibility index (Phi) is 3.44. The van der Waals surface area contributed by atoms with Crippen LogP contribution in [-0.2, 0) is 10.0 Å². The summed E-state index contributed by atoms with van der Waals surface area (Å²) in [5, 5.41) is 0. The first-order valence-electron chi connectivity index (χ1n) is 5.07. The average molecular weight is 280 g/mol. The second-order valence-electron chi connectivity index (χ2n) is 3.67. The van der Waals surface area contributed by atoms with E-state index in [4.69, 9.17) is 16.3 Å². The van der Waals surface area contributed by atoms with E-state index in [1.807, 2.05) is 0 Å². The van der Waals surface area contributed by atoms with Crippen LogP contribution >= 0.6 is 11.6 Å². The highest BCUT2D eigenvalue weighted by atomic mass is 35.5. The van der Waals surface area contributed by atoms with Gasteiger partial charge in [0.05, 0.1) is 5.69 Å². The standard InChI is InChI=1S/C10H11ClFNO3S/c11-5-1-2-10-16-9-6-7(12)3-4-8(9)13-17(10,14)15/h3-4,6,10,13H,1-2,5H2. The number of fused-ring (bicyclic) bond motifs is 1. The van der Waals surface area contributed by atoms with Gasteiger partial charge in [0.2, 0.25) is 5.44 Å². The van der Waals surface area contributed by atoms with Crippen molar-refractivity contribution < 1.29 is 17.5 Å². The van der Waals surface area contributed by atoms with Crippen LogP contribution in [0.3, 0.4) is 0 Å². The fraction of sp³-hybridized carbons (Fsp3) is 0.400. The molecule has 0 spiro atoms. The van der Waals surface area contributed by atoms with Crippen LogP contribution in [0.25, 0.3) is 0 Å². The molecule has 0 radical (unpaired) electrons. The molecule has 0 aliphatic carbocycles. The van der Waals surface area contributed by atoms with Gasteiger partial charge in [-0.1, -0.05) is 0 Å². The molecule has 1 heterocycles. The van der Waals surface area contributed by atoms with Crippen LogP contribution in [0.4, 0.5) is 10.1 Å². The Balaban J connectivity index is 2.29. The number of hydrogen-bond donors (Lipinski definition) is 1. The van der Waals surface area contributed by atoms with Crippen LogP contribution in [0, 0.1) is 5.82 Å². The predicted octanol–water partition coefficient (Wildman–Crippen LogP) is 2.30. The molecule has 1 atom stereocenters. The minimum atomic E-state index is -3.58. The molecule has 4 nitrogen and oxygen atoms in total. The van der Waals surface area contributed by atoms with Gasteiger partial charge in [-0.2, -0.15) is 0 Å². The molecule has 17 heavy (non-hydrogen) atoms. The van der Waals surface area contributed by atoms with E-state index in [-0.39, 0.29) is 17.9 Å². The minimum absolute atomic E-state index is 0.208. The minimum Gasteiger partial charge on any atom is -0.470 e. The highest BCUT2D eigenvalue weighted by Crippen LogP contribution is 2.33. The molecule has 2 rings (SSSR count). The van der Waals surface area contributed by atoms with E-state index in [2.05, 4.69) is 4.72 Å². The summed E-state index contributed by atoms with van der Waals surface area (Å²) in [6, 6.07) is 3.66. The molecule has 1 unspecified atom stereocenters. The van der Waals surface area contributed by atoms with Gasteiger partial charge in [-0.25, -0.2) is 12.8 Å². The van der Waals surface area contributed by atoms with Gasteiger partial charge in [-0.3, -0.25) is 4.72 Å². The van der Waals surface area contributed by atoms with E-state index in [0.717, 1.165) is 6.07 Å². The van der Waals surface area contributed by atoms with Crippen molar-refractivity contribution in [2.45, 2.75) is 18.3 Å². The third-order valence-electron chi connectivity index (χ3n) is 2.37. The van der Waals surface area contributed by atoms with Crippen molar-refractivity contribution in [2.24, 2.45) is 0 Å². The summed E-state index contributed by atoms with van der Waals surface area (Å²) in [6.07, 6.45) is 0.784. The van der Waals surface area contributed by atoms with Crippen LogP contribution in [-0.4, -0.2) is 19.7 Å².